The van der Waals surface area contributed by atoms with Gasteiger partial charge in [-0.25, -0.2) is 0 Å². The molecule has 2 heterocycles. The molecule has 1 aromatic heterocycles. The van der Waals surface area contributed by atoms with Crippen LogP contribution in [0.2, 0.25) is 0 Å². The molecule has 8 nitrogen and oxygen atoms in total. The van der Waals surface area contributed by atoms with Crippen LogP contribution in [0.3, 0.4) is 0 Å². The second-order valence-electron chi connectivity index (χ2n) is 6.72. The molecule has 9 heteroatoms. The molecule has 1 aliphatic heterocycles. The van der Waals surface area contributed by atoms with Gasteiger partial charge in [-0.05, 0) is 31.4 Å². The molecular formula is C18H19N5O3S. The van der Waals surface area contributed by atoms with E-state index in [1.807, 2.05) is 0 Å². The Bertz CT molecular complexity index is 893. The molecule has 1 fully saturated rings. The molecule has 4 rings (SSSR count). The zero-order chi connectivity index (χ0) is 18.8. The highest BCUT2D eigenvalue weighted by molar-refractivity contribution is 7.15. The summed E-state index contributed by atoms with van der Waals surface area (Å²) in [7, 11) is 0. The van der Waals surface area contributed by atoms with Crippen LogP contribution in [0.25, 0.3) is 0 Å². The van der Waals surface area contributed by atoms with Gasteiger partial charge < -0.3 is 16.0 Å². The van der Waals surface area contributed by atoms with E-state index in [2.05, 4.69) is 26.1 Å². The summed E-state index contributed by atoms with van der Waals surface area (Å²) in [5.74, 6) is -0.442. The van der Waals surface area contributed by atoms with Gasteiger partial charge in [-0.1, -0.05) is 29.9 Å². The molecule has 0 spiro atoms. The third kappa shape index (κ3) is 3.82. The van der Waals surface area contributed by atoms with E-state index in [1.54, 1.807) is 24.3 Å². The van der Waals surface area contributed by atoms with Gasteiger partial charge in [-0.2, -0.15) is 0 Å². The van der Waals surface area contributed by atoms with E-state index in [1.165, 1.54) is 17.8 Å². The topological polar surface area (TPSA) is 113 Å². The minimum Gasteiger partial charge on any atom is -0.340 e. The predicted molar refractivity (Wildman–Crippen MR) is 101 cm³/mol. The maximum Gasteiger partial charge on any atom is 0.254 e. The molecule has 2 aromatic rings. The monoisotopic (exact) mass is 385 g/mol. The molecule has 1 saturated carbocycles. The first-order valence-electron chi connectivity index (χ1n) is 8.94. The number of anilines is 2. The number of carbonyl (C=O) groups excluding carboxylic acids is 3. The number of nitrogens with one attached hydrogen (secondary N) is 3. The average Bonchev–Trinajstić information content (AvgIpc) is 2.99. The molecule has 27 heavy (non-hydrogen) atoms. The van der Waals surface area contributed by atoms with Crippen LogP contribution >= 0.6 is 11.3 Å². The summed E-state index contributed by atoms with van der Waals surface area (Å²) in [6, 6.07) is 6.04. The summed E-state index contributed by atoms with van der Waals surface area (Å²) in [4.78, 5) is 36.8. The van der Waals surface area contributed by atoms with Crippen LogP contribution in [0.1, 0.15) is 53.4 Å². The quantitative estimate of drug-likeness (QED) is 0.731. The van der Waals surface area contributed by atoms with Crippen molar-refractivity contribution in [1.29, 1.82) is 0 Å². The number of hydrogen-bond acceptors (Lipinski definition) is 6. The number of rotatable bonds is 5. The lowest BCUT2D eigenvalue weighted by atomic mass is 9.86. The van der Waals surface area contributed by atoms with E-state index >= 15 is 0 Å². The highest BCUT2D eigenvalue weighted by atomic mass is 32.1. The lowest BCUT2D eigenvalue weighted by Crippen LogP contribution is -2.41. The molecule has 2 aliphatic rings. The summed E-state index contributed by atoms with van der Waals surface area (Å²) >= 11 is 1.40. The molecule has 3 amide bonds. The smallest absolute Gasteiger partial charge is 0.254 e. The molecule has 1 aromatic carbocycles. The fourth-order valence-electron chi connectivity index (χ4n) is 3.08. The molecule has 140 valence electrons. The number of fused-ring (bicyclic) bond motifs is 1. The van der Waals surface area contributed by atoms with E-state index in [9.17, 15) is 14.4 Å². The van der Waals surface area contributed by atoms with Gasteiger partial charge in [0.15, 0.2) is 0 Å². The van der Waals surface area contributed by atoms with Gasteiger partial charge in [0.25, 0.3) is 5.91 Å². The van der Waals surface area contributed by atoms with Crippen molar-refractivity contribution in [1.82, 2.24) is 15.5 Å². The number of para-hydroxylation sites is 1. The van der Waals surface area contributed by atoms with Crippen molar-refractivity contribution in [3.8, 4) is 0 Å². The van der Waals surface area contributed by atoms with Crippen molar-refractivity contribution in [3.63, 3.8) is 0 Å². The zero-order valence-electron chi connectivity index (χ0n) is 14.5. The van der Waals surface area contributed by atoms with Gasteiger partial charge in [-0.3, -0.25) is 14.4 Å². The maximum absolute atomic E-state index is 12.3. The van der Waals surface area contributed by atoms with Crippen molar-refractivity contribution < 1.29 is 14.4 Å². The summed E-state index contributed by atoms with van der Waals surface area (Å²) < 4.78 is 0. The fraction of sp³-hybridized carbons (Fsp3) is 0.389. The van der Waals surface area contributed by atoms with Crippen molar-refractivity contribution >= 4 is 39.9 Å². The third-order valence-corrected chi connectivity index (χ3v) is 5.85. The Morgan fingerprint density at radius 3 is 2.81 bits per heavy atom. The van der Waals surface area contributed by atoms with Gasteiger partial charge in [0.2, 0.25) is 16.9 Å². The van der Waals surface area contributed by atoms with Crippen molar-refractivity contribution in [2.75, 3.05) is 10.6 Å². The van der Waals surface area contributed by atoms with Crippen LogP contribution in [0.5, 0.6) is 0 Å². The zero-order valence-corrected chi connectivity index (χ0v) is 15.3. The third-order valence-electron chi connectivity index (χ3n) is 4.85. The Morgan fingerprint density at radius 1 is 1.22 bits per heavy atom. The number of hydrogen-bond donors (Lipinski definition) is 3. The number of carbonyl (C=O) groups is 3. The standard InChI is InChI=1S/C18H19N5O3S/c24-14(21-18-23-22-17(27-18)10-4-3-5-10)9-8-13-16(26)19-12-7-2-1-6-11(12)15(25)20-13/h1-2,6-7,10,13H,3-5,8-9H2,(H,19,26)(H,20,25)(H,21,23,24). The van der Waals surface area contributed by atoms with E-state index < -0.39 is 6.04 Å². The lowest BCUT2D eigenvalue weighted by molar-refractivity contribution is -0.118. The fourth-order valence-corrected chi connectivity index (χ4v) is 4.01. The SMILES string of the molecule is O=C(CCC1NC(=O)c2ccccc2NC1=O)Nc1nnc(C2CCC2)s1. The van der Waals surface area contributed by atoms with Crippen LogP contribution in [-0.4, -0.2) is 34.0 Å². The van der Waals surface area contributed by atoms with E-state index in [0.717, 1.165) is 17.8 Å². The van der Waals surface area contributed by atoms with E-state index in [-0.39, 0.29) is 30.6 Å². The number of amides is 3. The Morgan fingerprint density at radius 2 is 2.04 bits per heavy atom. The molecule has 1 atom stereocenters. The maximum atomic E-state index is 12.3. The Hall–Kier alpha value is -2.81. The van der Waals surface area contributed by atoms with Crippen molar-refractivity contribution in [2.45, 2.75) is 44.1 Å². The van der Waals surface area contributed by atoms with Crippen LogP contribution < -0.4 is 16.0 Å². The second kappa shape index (κ2) is 7.43. The van der Waals surface area contributed by atoms with Crippen molar-refractivity contribution in [2.24, 2.45) is 0 Å². The van der Waals surface area contributed by atoms with Gasteiger partial charge in [0, 0.05) is 12.3 Å². The molecule has 1 aliphatic carbocycles. The number of benzene rings is 1. The lowest BCUT2D eigenvalue weighted by Gasteiger charge is -2.21. The van der Waals surface area contributed by atoms with Crippen LogP contribution in [0.15, 0.2) is 24.3 Å². The molecule has 0 radical (unpaired) electrons. The minimum absolute atomic E-state index is 0.0903. The van der Waals surface area contributed by atoms with Crippen molar-refractivity contribution in [3.05, 3.63) is 34.8 Å². The number of aromatic nitrogens is 2. The van der Waals surface area contributed by atoms with Crippen LogP contribution in [0, 0.1) is 0 Å². The van der Waals surface area contributed by atoms with Gasteiger partial charge in [0.05, 0.1) is 11.3 Å². The van der Waals surface area contributed by atoms with E-state index in [0.29, 0.717) is 22.3 Å². The summed E-state index contributed by atoms with van der Waals surface area (Å²) in [6.45, 7) is 0. The second-order valence-corrected chi connectivity index (χ2v) is 7.73. The first kappa shape index (κ1) is 17.6. The van der Waals surface area contributed by atoms with Gasteiger partial charge in [0.1, 0.15) is 11.0 Å². The van der Waals surface area contributed by atoms with E-state index in [4.69, 9.17) is 0 Å². The Balaban J connectivity index is 1.33. The summed E-state index contributed by atoms with van der Waals surface area (Å²) in [6.07, 6.45) is 3.76. The Kier molecular flexibility index (Phi) is 4.85. The average molecular weight is 385 g/mol. The van der Waals surface area contributed by atoms with Gasteiger partial charge >= 0.3 is 0 Å². The highest BCUT2D eigenvalue weighted by Crippen LogP contribution is 2.38. The highest BCUT2D eigenvalue weighted by Gasteiger charge is 2.28. The largest absolute Gasteiger partial charge is 0.340 e. The molecular weight excluding hydrogens is 366 g/mol. The summed E-state index contributed by atoms with van der Waals surface area (Å²) in [5.41, 5.74) is 0.888. The first-order valence-corrected chi connectivity index (χ1v) is 9.76. The molecule has 0 bridgehead atoms. The summed E-state index contributed by atoms with van der Waals surface area (Å²) in [5, 5.41) is 17.7. The molecule has 1 unspecified atom stereocenters. The van der Waals surface area contributed by atoms with Crippen LogP contribution in [-0.2, 0) is 9.59 Å². The molecule has 3 N–H and O–H groups in total. The predicted octanol–water partition coefficient (Wildman–Crippen LogP) is 2.28. The minimum atomic E-state index is -0.768. The Labute approximate surface area is 159 Å². The first-order chi connectivity index (χ1) is 13.1. The normalized spacial score (nSPS) is 19.3. The van der Waals surface area contributed by atoms with Gasteiger partial charge in [-0.15, -0.1) is 10.2 Å². The van der Waals surface area contributed by atoms with Crippen LogP contribution in [0.4, 0.5) is 10.8 Å². The molecule has 0 saturated heterocycles. The number of nitrogens with zero attached hydrogens (tertiary/aromatic N) is 2.